The van der Waals surface area contributed by atoms with Crippen LogP contribution < -0.4 is 27.4 Å². The van der Waals surface area contributed by atoms with Gasteiger partial charge in [0.2, 0.25) is 29.5 Å². The number of carbonyl (C=O) groups is 7. The Balaban J connectivity index is 2.22. The lowest BCUT2D eigenvalue weighted by Gasteiger charge is -2.32. The maximum absolute atomic E-state index is 13.6. The van der Waals surface area contributed by atoms with Crippen LogP contribution in [-0.2, 0) is 40.0 Å². The third-order valence-corrected chi connectivity index (χ3v) is 8.17. The van der Waals surface area contributed by atoms with Crippen LogP contribution >= 0.6 is 0 Å². The van der Waals surface area contributed by atoms with Crippen LogP contribution in [0.3, 0.4) is 0 Å². The summed E-state index contributed by atoms with van der Waals surface area (Å²) in [6.45, 7) is 4.81. The topological polar surface area (TPSA) is 287 Å². The molecule has 0 aromatic heterocycles. The standard InChI is InChI=1S/C32H48N8O10/c1-17(2)26(30(48)39(4)24(31(49)50)15-19-9-11-20(42)12-10-19)38-27(45)22(16-25(43)44)37-28(46)23-8-6-14-40(23)29(47)21(36-18(3)41)7-5-13-35-32(33)34/h9-12,17,21-24,26,42H,5-8,13-16H2,1-4H3,(H,36,41)(H,37,46)(H,38,45)(H,43,44)(H,49,50)(H4,33,34,35)/t21-,22-,23-,24-,26-/m0/s1. The van der Waals surface area contributed by atoms with Crippen molar-refractivity contribution in [3.63, 3.8) is 0 Å². The van der Waals surface area contributed by atoms with E-state index in [9.17, 15) is 48.9 Å². The summed E-state index contributed by atoms with van der Waals surface area (Å²) in [5.41, 5.74) is 11.2. The number of nitrogens with two attached hydrogens (primary N) is 2. The molecule has 0 radical (unpaired) electrons. The van der Waals surface area contributed by atoms with Gasteiger partial charge < -0.3 is 52.5 Å². The van der Waals surface area contributed by atoms with E-state index in [1.165, 1.54) is 43.1 Å². The number of hydrogen-bond donors (Lipinski definition) is 8. The first-order valence-electron chi connectivity index (χ1n) is 16.2. The lowest BCUT2D eigenvalue weighted by Crippen LogP contribution is -2.60. The second-order valence-corrected chi connectivity index (χ2v) is 12.5. The van der Waals surface area contributed by atoms with Crippen LogP contribution in [-0.4, -0.2) is 123 Å². The Bertz CT molecular complexity index is 1430. The highest BCUT2D eigenvalue weighted by Gasteiger charge is 2.40. The van der Waals surface area contributed by atoms with Crippen LogP contribution in [0.2, 0.25) is 0 Å². The summed E-state index contributed by atoms with van der Waals surface area (Å²) >= 11 is 0. The van der Waals surface area contributed by atoms with Crippen molar-refractivity contribution in [3.05, 3.63) is 29.8 Å². The number of carboxylic acids is 2. The van der Waals surface area contributed by atoms with Crippen molar-refractivity contribution in [3.8, 4) is 5.75 Å². The molecular weight excluding hydrogens is 656 g/mol. The van der Waals surface area contributed by atoms with Gasteiger partial charge >= 0.3 is 11.9 Å². The number of aliphatic imine (C=N–C) groups is 1. The van der Waals surface area contributed by atoms with Gasteiger partial charge in [-0.2, -0.15) is 0 Å². The van der Waals surface area contributed by atoms with Gasteiger partial charge in [-0.25, -0.2) is 4.79 Å². The molecule has 0 aliphatic carbocycles. The van der Waals surface area contributed by atoms with E-state index in [-0.39, 0.29) is 44.1 Å². The molecule has 276 valence electrons. The van der Waals surface area contributed by atoms with Crippen molar-refractivity contribution in [2.24, 2.45) is 22.4 Å². The molecule has 5 amide bonds. The van der Waals surface area contributed by atoms with E-state index in [1.54, 1.807) is 13.8 Å². The fraction of sp³-hybridized carbons (Fsp3) is 0.562. The Morgan fingerprint density at radius 1 is 1.00 bits per heavy atom. The fourth-order valence-corrected chi connectivity index (χ4v) is 5.55. The van der Waals surface area contributed by atoms with Crippen molar-refractivity contribution < 1.29 is 48.9 Å². The summed E-state index contributed by atoms with van der Waals surface area (Å²) in [6, 6.07) is -0.598. The van der Waals surface area contributed by atoms with Crippen LogP contribution in [0.4, 0.5) is 0 Å². The Kier molecular flexibility index (Phi) is 15.4. The lowest BCUT2D eigenvalue weighted by molar-refractivity contribution is -0.151. The number of likely N-dealkylation sites (N-methyl/N-ethyl adjacent to an activating group) is 1. The number of nitrogens with one attached hydrogen (secondary N) is 3. The Labute approximate surface area is 289 Å². The summed E-state index contributed by atoms with van der Waals surface area (Å²) in [6.07, 6.45) is 0.172. The second-order valence-electron chi connectivity index (χ2n) is 12.5. The summed E-state index contributed by atoms with van der Waals surface area (Å²) in [7, 11) is 1.26. The van der Waals surface area contributed by atoms with Gasteiger partial charge in [-0.15, -0.1) is 0 Å². The highest BCUT2D eigenvalue weighted by atomic mass is 16.4. The molecule has 1 aromatic carbocycles. The molecular formula is C32H48N8O10. The first-order valence-corrected chi connectivity index (χ1v) is 16.2. The zero-order valence-electron chi connectivity index (χ0n) is 28.6. The molecule has 1 fully saturated rings. The van der Waals surface area contributed by atoms with Crippen molar-refractivity contribution in [1.82, 2.24) is 25.8 Å². The van der Waals surface area contributed by atoms with Crippen LogP contribution in [0.5, 0.6) is 5.75 Å². The molecule has 1 aromatic rings. The molecule has 1 aliphatic heterocycles. The van der Waals surface area contributed by atoms with E-state index in [2.05, 4.69) is 20.9 Å². The third kappa shape index (κ3) is 12.2. The zero-order valence-corrected chi connectivity index (χ0v) is 28.6. The maximum atomic E-state index is 13.6. The first-order chi connectivity index (χ1) is 23.4. The number of carboxylic acid groups (broad SMARTS) is 2. The average Bonchev–Trinajstić information content (AvgIpc) is 3.53. The monoisotopic (exact) mass is 704 g/mol. The zero-order chi connectivity index (χ0) is 37.7. The van der Waals surface area contributed by atoms with Crippen LogP contribution in [0.25, 0.3) is 0 Å². The number of aromatic hydroxyl groups is 1. The number of aliphatic carboxylic acids is 2. The molecule has 50 heavy (non-hydrogen) atoms. The van der Waals surface area contributed by atoms with Gasteiger partial charge in [0.05, 0.1) is 6.42 Å². The molecule has 1 heterocycles. The smallest absolute Gasteiger partial charge is 0.326 e. The Morgan fingerprint density at radius 3 is 2.18 bits per heavy atom. The largest absolute Gasteiger partial charge is 0.508 e. The number of rotatable bonds is 18. The average molecular weight is 705 g/mol. The minimum Gasteiger partial charge on any atom is -0.508 e. The SMILES string of the molecule is CC(=O)N[C@@H](CCCN=C(N)N)C(=O)N1CCC[C@H]1C(=O)N[C@@H](CC(=O)O)C(=O)N[C@H](C(=O)N(C)[C@@H](Cc1ccc(O)cc1)C(=O)O)C(C)C. The van der Waals surface area contributed by atoms with E-state index < -0.39 is 84.0 Å². The van der Waals surface area contributed by atoms with Crippen molar-refractivity contribution in [2.75, 3.05) is 20.1 Å². The number of likely N-dealkylation sites (tertiary alicyclic amines) is 1. The van der Waals surface area contributed by atoms with Crippen molar-refractivity contribution >= 4 is 47.4 Å². The molecule has 0 bridgehead atoms. The van der Waals surface area contributed by atoms with Gasteiger partial charge in [0.15, 0.2) is 5.96 Å². The third-order valence-electron chi connectivity index (χ3n) is 8.17. The summed E-state index contributed by atoms with van der Waals surface area (Å²) < 4.78 is 0. The molecule has 1 aliphatic rings. The second kappa shape index (κ2) is 18.9. The van der Waals surface area contributed by atoms with Crippen molar-refractivity contribution in [2.45, 2.75) is 89.5 Å². The van der Waals surface area contributed by atoms with Gasteiger partial charge in [0.1, 0.15) is 36.0 Å². The van der Waals surface area contributed by atoms with E-state index in [0.29, 0.717) is 18.4 Å². The predicted octanol–water partition coefficient (Wildman–Crippen LogP) is -1.50. The quantitative estimate of drug-likeness (QED) is 0.0492. The number of amides is 5. The molecule has 0 saturated carbocycles. The highest BCUT2D eigenvalue weighted by Crippen LogP contribution is 2.21. The Morgan fingerprint density at radius 2 is 1.64 bits per heavy atom. The first kappa shape index (κ1) is 40.8. The molecule has 18 heteroatoms. The van der Waals surface area contributed by atoms with Gasteiger partial charge in [0, 0.05) is 33.5 Å². The van der Waals surface area contributed by atoms with Gasteiger partial charge in [-0.05, 0) is 49.3 Å². The van der Waals surface area contributed by atoms with Gasteiger partial charge in [-0.1, -0.05) is 26.0 Å². The van der Waals surface area contributed by atoms with Crippen LogP contribution in [0.1, 0.15) is 58.4 Å². The summed E-state index contributed by atoms with van der Waals surface area (Å²) in [5.74, 6) is -7.07. The molecule has 1 saturated heterocycles. The number of carbonyl (C=O) groups excluding carboxylic acids is 5. The number of hydrogen-bond acceptors (Lipinski definition) is 9. The van der Waals surface area contributed by atoms with E-state index in [1.807, 2.05) is 0 Å². The number of phenols is 1. The van der Waals surface area contributed by atoms with E-state index >= 15 is 0 Å². The normalized spacial score (nSPS) is 16.3. The molecule has 5 atom stereocenters. The van der Waals surface area contributed by atoms with E-state index in [0.717, 1.165) is 4.90 Å². The van der Waals surface area contributed by atoms with Crippen LogP contribution in [0, 0.1) is 5.92 Å². The van der Waals surface area contributed by atoms with Gasteiger partial charge in [0.25, 0.3) is 0 Å². The molecule has 0 spiro atoms. The highest BCUT2D eigenvalue weighted by molar-refractivity contribution is 5.97. The number of guanidine groups is 1. The number of phenolic OH excluding ortho intramolecular Hbond substituents is 1. The number of benzene rings is 1. The number of nitrogens with zero attached hydrogens (tertiary/aromatic N) is 3. The maximum Gasteiger partial charge on any atom is 0.326 e. The molecule has 2 rings (SSSR count). The van der Waals surface area contributed by atoms with E-state index in [4.69, 9.17) is 11.5 Å². The Hall–Kier alpha value is -5.42. The summed E-state index contributed by atoms with van der Waals surface area (Å²) in [5, 5.41) is 36.5. The predicted molar refractivity (Wildman–Crippen MR) is 179 cm³/mol. The minimum absolute atomic E-state index is 0.0203. The minimum atomic E-state index is -1.66. The molecule has 10 N–H and O–H groups in total. The van der Waals surface area contributed by atoms with Crippen molar-refractivity contribution in [1.29, 1.82) is 0 Å². The fourth-order valence-electron chi connectivity index (χ4n) is 5.55. The van der Waals surface area contributed by atoms with Crippen LogP contribution in [0.15, 0.2) is 29.3 Å². The molecule has 0 unspecified atom stereocenters. The summed E-state index contributed by atoms with van der Waals surface area (Å²) in [4.78, 5) is 95.9. The lowest BCUT2D eigenvalue weighted by atomic mass is 9.99. The van der Waals surface area contributed by atoms with Gasteiger partial charge in [-0.3, -0.25) is 33.8 Å². The molecule has 18 nitrogen and oxygen atoms in total.